The van der Waals surface area contributed by atoms with Crippen LogP contribution in [0.1, 0.15) is 24.8 Å². The van der Waals surface area contributed by atoms with E-state index in [1.807, 2.05) is 18.3 Å². The maximum Gasteiger partial charge on any atom is 0.231 e. The van der Waals surface area contributed by atoms with E-state index in [9.17, 15) is 0 Å². The maximum atomic E-state index is 5.37. The first-order chi connectivity index (χ1) is 8.83. The number of piperidine rings is 1. The minimum absolute atomic E-state index is 0.300. The smallest absolute Gasteiger partial charge is 0.231 e. The highest BCUT2D eigenvalue weighted by atomic mass is 79.9. The zero-order valence-electron chi connectivity index (χ0n) is 10.1. The Bertz CT molecular complexity index is 470. The van der Waals surface area contributed by atoms with Gasteiger partial charge in [-0.15, -0.1) is 0 Å². The first-order valence-electron chi connectivity index (χ1n) is 6.21. The summed E-state index contributed by atoms with van der Waals surface area (Å²) in [4.78, 5) is 0. The van der Waals surface area contributed by atoms with E-state index in [0.717, 1.165) is 34.6 Å². The Kier molecular flexibility index (Phi) is 3.41. The second-order valence-corrected chi connectivity index (χ2v) is 5.34. The van der Waals surface area contributed by atoms with Gasteiger partial charge in [0.1, 0.15) is 0 Å². The molecule has 0 bridgehead atoms. The van der Waals surface area contributed by atoms with Gasteiger partial charge in [0.15, 0.2) is 11.5 Å². The molecule has 3 rings (SSSR count). The third kappa shape index (κ3) is 2.46. The van der Waals surface area contributed by atoms with Crippen molar-refractivity contribution in [2.24, 2.45) is 5.10 Å². The molecule has 1 aromatic rings. The van der Waals surface area contributed by atoms with Crippen LogP contribution in [0, 0.1) is 0 Å². The van der Waals surface area contributed by atoms with Gasteiger partial charge in [-0.3, -0.25) is 5.01 Å². The van der Waals surface area contributed by atoms with Crippen LogP contribution >= 0.6 is 15.9 Å². The van der Waals surface area contributed by atoms with Gasteiger partial charge in [0.05, 0.1) is 6.21 Å². The molecule has 0 spiro atoms. The van der Waals surface area contributed by atoms with Crippen LogP contribution in [0.5, 0.6) is 11.5 Å². The number of hydrazone groups is 1. The molecule has 0 aromatic heterocycles. The summed E-state index contributed by atoms with van der Waals surface area (Å²) >= 11 is 3.53. The predicted octanol–water partition coefficient (Wildman–Crippen LogP) is 3.00. The van der Waals surface area contributed by atoms with Crippen molar-refractivity contribution in [1.29, 1.82) is 0 Å². The molecule has 0 unspecified atom stereocenters. The lowest BCUT2D eigenvalue weighted by Gasteiger charge is -2.23. The van der Waals surface area contributed by atoms with Gasteiger partial charge in [0, 0.05) is 23.1 Å². The van der Waals surface area contributed by atoms with Crippen LogP contribution in [0.25, 0.3) is 0 Å². The van der Waals surface area contributed by atoms with E-state index in [0.29, 0.717) is 6.79 Å². The number of rotatable bonds is 2. The molecule has 0 radical (unpaired) electrons. The molecule has 5 heteroatoms. The molecule has 0 amide bonds. The normalized spacial score (nSPS) is 18.6. The zero-order chi connectivity index (χ0) is 12.4. The molecule has 1 aromatic carbocycles. The number of ether oxygens (including phenoxy) is 2. The lowest BCUT2D eigenvalue weighted by Crippen LogP contribution is -2.24. The molecular formula is C13H15BrN2O2. The van der Waals surface area contributed by atoms with E-state index >= 15 is 0 Å². The van der Waals surface area contributed by atoms with Crippen molar-refractivity contribution >= 4 is 22.1 Å². The van der Waals surface area contributed by atoms with Crippen molar-refractivity contribution in [2.75, 3.05) is 19.9 Å². The van der Waals surface area contributed by atoms with Gasteiger partial charge in [-0.05, 0) is 47.3 Å². The summed E-state index contributed by atoms with van der Waals surface area (Å²) in [6, 6.07) is 3.89. The number of nitrogens with zero attached hydrogens (tertiary/aromatic N) is 2. The SMILES string of the molecule is Brc1cc2c(cc1/C=N/N1CCCCC1)OCO2. The average molecular weight is 311 g/mol. The quantitative estimate of drug-likeness (QED) is 0.788. The lowest BCUT2D eigenvalue weighted by molar-refractivity contribution is 0.174. The molecule has 4 nitrogen and oxygen atoms in total. The minimum atomic E-state index is 0.300. The molecule has 0 saturated carbocycles. The van der Waals surface area contributed by atoms with Gasteiger partial charge < -0.3 is 9.47 Å². The number of hydrogen-bond donors (Lipinski definition) is 0. The fourth-order valence-corrected chi connectivity index (χ4v) is 2.59. The Morgan fingerprint density at radius 2 is 1.83 bits per heavy atom. The van der Waals surface area contributed by atoms with Gasteiger partial charge in [0.2, 0.25) is 6.79 Å². The molecule has 96 valence electrons. The summed E-state index contributed by atoms with van der Waals surface area (Å²) in [6.07, 6.45) is 5.68. The van der Waals surface area contributed by atoms with E-state index in [2.05, 4.69) is 26.0 Å². The summed E-state index contributed by atoms with van der Waals surface area (Å²) in [5.41, 5.74) is 1.02. The standard InChI is InChI=1S/C13H15BrN2O2/c14-11-7-13-12(17-9-18-13)6-10(11)8-15-16-4-2-1-3-5-16/h6-8H,1-5,9H2/b15-8+. The second-order valence-electron chi connectivity index (χ2n) is 4.49. The van der Waals surface area contributed by atoms with E-state index < -0.39 is 0 Å². The summed E-state index contributed by atoms with van der Waals surface area (Å²) < 4.78 is 11.7. The largest absolute Gasteiger partial charge is 0.454 e. The summed E-state index contributed by atoms with van der Waals surface area (Å²) in [5.74, 6) is 1.58. The van der Waals surface area contributed by atoms with Crippen LogP contribution in [0.4, 0.5) is 0 Å². The monoisotopic (exact) mass is 310 g/mol. The average Bonchev–Trinajstić information content (AvgIpc) is 2.84. The van der Waals surface area contributed by atoms with Crippen molar-refractivity contribution in [2.45, 2.75) is 19.3 Å². The van der Waals surface area contributed by atoms with Crippen molar-refractivity contribution in [3.05, 3.63) is 22.2 Å². The fourth-order valence-electron chi connectivity index (χ4n) is 2.17. The predicted molar refractivity (Wildman–Crippen MR) is 73.3 cm³/mol. The van der Waals surface area contributed by atoms with Crippen LogP contribution in [0.15, 0.2) is 21.7 Å². The Morgan fingerprint density at radius 3 is 2.61 bits per heavy atom. The van der Waals surface area contributed by atoms with E-state index in [1.165, 1.54) is 19.3 Å². The van der Waals surface area contributed by atoms with Gasteiger partial charge in [-0.25, -0.2) is 0 Å². The van der Waals surface area contributed by atoms with Crippen molar-refractivity contribution in [1.82, 2.24) is 5.01 Å². The van der Waals surface area contributed by atoms with Crippen LogP contribution in [-0.2, 0) is 0 Å². The molecule has 0 N–H and O–H groups in total. The van der Waals surface area contributed by atoms with Crippen molar-refractivity contribution in [3.8, 4) is 11.5 Å². The Hall–Kier alpha value is -1.23. The molecule has 18 heavy (non-hydrogen) atoms. The Balaban J connectivity index is 1.77. The van der Waals surface area contributed by atoms with Crippen molar-refractivity contribution in [3.63, 3.8) is 0 Å². The third-order valence-corrected chi connectivity index (χ3v) is 3.87. The van der Waals surface area contributed by atoms with Crippen LogP contribution < -0.4 is 9.47 Å². The topological polar surface area (TPSA) is 34.1 Å². The highest BCUT2D eigenvalue weighted by Gasteiger charge is 2.15. The molecule has 2 aliphatic heterocycles. The highest BCUT2D eigenvalue weighted by Crippen LogP contribution is 2.36. The number of fused-ring (bicyclic) bond motifs is 1. The first kappa shape index (κ1) is 11.8. The van der Waals surface area contributed by atoms with Crippen molar-refractivity contribution < 1.29 is 9.47 Å². The molecule has 0 aliphatic carbocycles. The number of benzene rings is 1. The molecule has 2 heterocycles. The summed E-state index contributed by atoms with van der Waals surface area (Å²) in [7, 11) is 0. The molecule has 1 fully saturated rings. The second kappa shape index (κ2) is 5.18. The summed E-state index contributed by atoms with van der Waals surface area (Å²) in [6.45, 7) is 2.41. The number of hydrogen-bond acceptors (Lipinski definition) is 4. The summed E-state index contributed by atoms with van der Waals surface area (Å²) in [5, 5.41) is 6.65. The lowest BCUT2D eigenvalue weighted by atomic mass is 10.2. The van der Waals surface area contributed by atoms with E-state index in [4.69, 9.17) is 9.47 Å². The third-order valence-electron chi connectivity index (χ3n) is 3.18. The Labute approximate surface area is 115 Å². The first-order valence-corrected chi connectivity index (χ1v) is 7.00. The highest BCUT2D eigenvalue weighted by molar-refractivity contribution is 9.10. The number of halogens is 1. The van der Waals surface area contributed by atoms with E-state index in [-0.39, 0.29) is 0 Å². The molecular weight excluding hydrogens is 296 g/mol. The fraction of sp³-hybridized carbons (Fsp3) is 0.462. The van der Waals surface area contributed by atoms with Gasteiger partial charge in [-0.1, -0.05) is 0 Å². The van der Waals surface area contributed by atoms with Gasteiger partial charge in [0.25, 0.3) is 0 Å². The minimum Gasteiger partial charge on any atom is -0.454 e. The van der Waals surface area contributed by atoms with Gasteiger partial charge >= 0.3 is 0 Å². The Morgan fingerprint density at radius 1 is 1.11 bits per heavy atom. The maximum absolute atomic E-state index is 5.37. The zero-order valence-corrected chi connectivity index (χ0v) is 11.6. The molecule has 2 aliphatic rings. The molecule has 1 saturated heterocycles. The van der Waals surface area contributed by atoms with Crippen LogP contribution in [0.2, 0.25) is 0 Å². The van der Waals surface area contributed by atoms with Crippen LogP contribution in [-0.4, -0.2) is 31.1 Å². The van der Waals surface area contributed by atoms with Crippen LogP contribution in [0.3, 0.4) is 0 Å². The van der Waals surface area contributed by atoms with E-state index in [1.54, 1.807) is 0 Å². The van der Waals surface area contributed by atoms with Gasteiger partial charge in [-0.2, -0.15) is 5.10 Å². The molecule has 0 atom stereocenters.